The first-order valence-corrected chi connectivity index (χ1v) is 10.3. The lowest BCUT2D eigenvalue weighted by Crippen LogP contribution is -2.07. The molecule has 0 unspecified atom stereocenters. The molecule has 170 valence electrons. The van der Waals surface area contributed by atoms with E-state index < -0.39 is 5.97 Å². The van der Waals surface area contributed by atoms with Crippen molar-refractivity contribution < 1.29 is 28.9 Å². The minimum absolute atomic E-state index is 0.192. The van der Waals surface area contributed by atoms with Crippen molar-refractivity contribution in [3.05, 3.63) is 64.2 Å². The number of nitrogens with zero attached hydrogens (tertiary/aromatic N) is 1. The molecule has 4 rings (SSSR count). The zero-order valence-electron chi connectivity index (χ0n) is 19.4. The number of carboxylic acid groups (broad SMARTS) is 1. The fourth-order valence-electron chi connectivity index (χ4n) is 4.55. The highest BCUT2D eigenvalue weighted by molar-refractivity contribution is 6.18. The molecule has 33 heavy (non-hydrogen) atoms. The number of ether oxygens (including phenoxy) is 3. The lowest BCUT2D eigenvalue weighted by molar-refractivity contribution is 0.0697. The number of hydrogen-bond donors (Lipinski definition) is 1. The van der Waals surface area contributed by atoms with Crippen LogP contribution < -0.4 is 14.2 Å². The molecular weight excluding hydrogens is 422 g/mol. The van der Waals surface area contributed by atoms with Crippen molar-refractivity contribution in [3.63, 3.8) is 0 Å². The Bertz CT molecular complexity index is 1420. The Balaban J connectivity index is 2.00. The van der Waals surface area contributed by atoms with Crippen molar-refractivity contribution >= 4 is 33.6 Å². The summed E-state index contributed by atoms with van der Waals surface area (Å²) in [6, 6.07) is 10.2. The maximum atomic E-state index is 13.7. The van der Waals surface area contributed by atoms with Crippen molar-refractivity contribution in [2.24, 2.45) is 7.05 Å². The predicted octanol–water partition coefficient (Wildman–Crippen LogP) is 4.90. The first kappa shape index (κ1) is 22.2. The van der Waals surface area contributed by atoms with E-state index in [0.29, 0.717) is 28.4 Å². The average Bonchev–Trinajstić information content (AvgIpc) is 3.12. The molecule has 0 saturated carbocycles. The zero-order chi connectivity index (χ0) is 24.0. The largest absolute Gasteiger partial charge is 0.493 e. The first-order valence-electron chi connectivity index (χ1n) is 10.3. The van der Waals surface area contributed by atoms with Gasteiger partial charge in [0, 0.05) is 34.5 Å². The molecule has 0 aliphatic heterocycles. The van der Waals surface area contributed by atoms with Gasteiger partial charge in [0.15, 0.2) is 17.3 Å². The highest BCUT2D eigenvalue weighted by Crippen LogP contribution is 2.40. The summed E-state index contributed by atoms with van der Waals surface area (Å²) in [4.78, 5) is 25.2. The third kappa shape index (κ3) is 3.36. The maximum Gasteiger partial charge on any atom is 0.335 e. The molecule has 0 spiro atoms. The molecule has 0 aliphatic carbocycles. The maximum absolute atomic E-state index is 13.7. The molecule has 0 fully saturated rings. The Hall–Kier alpha value is -4.00. The van der Waals surface area contributed by atoms with Crippen LogP contribution in [0.5, 0.6) is 17.2 Å². The number of hydrogen-bond acceptors (Lipinski definition) is 5. The van der Waals surface area contributed by atoms with Gasteiger partial charge in [0.2, 0.25) is 5.75 Å². The van der Waals surface area contributed by atoms with E-state index >= 15 is 0 Å². The standard InChI is InChI=1S/C26H25NO6/c1-13-9-17(24(28)16-11-20(31-4)25(33-6)21(12-16)32-5)14(2)22-18-10-15(26(29)30)7-8-19(18)27(3)23(13)22/h7-12H,1-6H3,(H,29,30). The first-order chi connectivity index (χ1) is 15.7. The number of carboxylic acids is 1. The van der Waals surface area contributed by atoms with Crippen molar-refractivity contribution in [2.45, 2.75) is 13.8 Å². The summed E-state index contributed by atoms with van der Waals surface area (Å²) in [5.74, 6) is 0.0186. The minimum Gasteiger partial charge on any atom is -0.493 e. The lowest BCUT2D eigenvalue weighted by Gasteiger charge is -2.15. The van der Waals surface area contributed by atoms with E-state index in [1.165, 1.54) is 21.3 Å². The molecule has 0 bridgehead atoms. The van der Waals surface area contributed by atoms with Crippen molar-refractivity contribution in [3.8, 4) is 17.2 Å². The second-order valence-corrected chi connectivity index (χ2v) is 7.93. The fourth-order valence-corrected chi connectivity index (χ4v) is 4.55. The second-order valence-electron chi connectivity index (χ2n) is 7.93. The van der Waals surface area contributed by atoms with Crippen LogP contribution in [0.1, 0.15) is 37.4 Å². The molecule has 4 aromatic rings. The highest BCUT2D eigenvalue weighted by atomic mass is 16.5. The van der Waals surface area contributed by atoms with E-state index in [-0.39, 0.29) is 11.3 Å². The molecule has 0 saturated heterocycles. The van der Waals surface area contributed by atoms with E-state index in [1.54, 1.807) is 30.3 Å². The van der Waals surface area contributed by atoms with Crippen LogP contribution in [0.4, 0.5) is 0 Å². The molecule has 0 atom stereocenters. The van der Waals surface area contributed by atoms with Crippen LogP contribution in [0.15, 0.2) is 36.4 Å². The van der Waals surface area contributed by atoms with E-state index in [1.807, 2.05) is 31.5 Å². The van der Waals surface area contributed by atoms with Crippen LogP contribution in [-0.4, -0.2) is 42.8 Å². The van der Waals surface area contributed by atoms with Gasteiger partial charge < -0.3 is 23.9 Å². The quantitative estimate of drug-likeness (QED) is 0.423. The molecule has 1 aromatic heterocycles. The van der Waals surface area contributed by atoms with Gasteiger partial charge >= 0.3 is 5.97 Å². The SMILES string of the molecule is COc1cc(C(=O)c2cc(C)c3c(c2C)c2cc(C(=O)O)ccc2n3C)cc(OC)c1OC. The van der Waals surface area contributed by atoms with Crippen molar-refractivity contribution in [1.82, 2.24) is 4.57 Å². The topological polar surface area (TPSA) is 87.0 Å². The van der Waals surface area contributed by atoms with Gasteiger partial charge in [0.25, 0.3) is 0 Å². The predicted molar refractivity (Wildman–Crippen MR) is 126 cm³/mol. The summed E-state index contributed by atoms with van der Waals surface area (Å²) in [5.41, 5.74) is 4.70. The number of fused-ring (bicyclic) bond motifs is 3. The molecule has 0 amide bonds. The van der Waals surface area contributed by atoms with Crippen LogP contribution >= 0.6 is 0 Å². The van der Waals surface area contributed by atoms with Crippen molar-refractivity contribution in [1.29, 1.82) is 0 Å². The Labute approximate surface area is 191 Å². The van der Waals surface area contributed by atoms with Gasteiger partial charge in [-0.15, -0.1) is 0 Å². The van der Waals surface area contributed by atoms with Crippen LogP contribution in [0.3, 0.4) is 0 Å². The number of methoxy groups -OCH3 is 3. The average molecular weight is 447 g/mol. The van der Waals surface area contributed by atoms with E-state index in [2.05, 4.69) is 0 Å². The number of carbonyl (C=O) groups excluding carboxylic acids is 1. The van der Waals surface area contributed by atoms with Gasteiger partial charge in [0.1, 0.15) is 0 Å². The Morgan fingerprint density at radius 2 is 1.52 bits per heavy atom. The Morgan fingerprint density at radius 1 is 0.879 bits per heavy atom. The molecule has 7 heteroatoms. The Kier molecular flexibility index (Phi) is 5.49. The van der Waals surface area contributed by atoms with Gasteiger partial charge in [0.05, 0.1) is 32.4 Å². The summed E-state index contributed by atoms with van der Waals surface area (Å²) in [6.45, 7) is 3.84. The monoisotopic (exact) mass is 447 g/mol. The number of aryl methyl sites for hydroxylation is 3. The molecule has 3 aromatic carbocycles. The third-order valence-corrected chi connectivity index (χ3v) is 6.13. The van der Waals surface area contributed by atoms with Crippen LogP contribution in [0.25, 0.3) is 21.8 Å². The highest BCUT2D eigenvalue weighted by Gasteiger charge is 2.23. The normalized spacial score (nSPS) is 11.1. The van der Waals surface area contributed by atoms with E-state index in [0.717, 1.165) is 32.9 Å². The molecule has 0 radical (unpaired) electrons. The van der Waals surface area contributed by atoms with E-state index in [4.69, 9.17) is 14.2 Å². The van der Waals surface area contributed by atoms with Crippen molar-refractivity contribution in [2.75, 3.05) is 21.3 Å². The fraction of sp³-hybridized carbons (Fsp3) is 0.231. The van der Waals surface area contributed by atoms with Crippen LogP contribution in [0.2, 0.25) is 0 Å². The summed E-state index contributed by atoms with van der Waals surface area (Å²) in [6.07, 6.45) is 0. The van der Waals surface area contributed by atoms with Crippen LogP contribution in [-0.2, 0) is 7.05 Å². The number of rotatable bonds is 6. The molecule has 0 aliphatic rings. The number of aromatic nitrogens is 1. The zero-order valence-corrected chi connectivity index (χ0v) is 19.4. The van der Waals surface area contributed by atoms with E-state index in [9.17, 15) is 14.7 Å². The summed E-state index contributed by atoms with van der Waals surface area (Å²) in [7, 11) is 6.46. The minimum atomic E-state index is -0.993. The van der Waals surface area contributed by atoms with Gasteiger partial charge in [-0.05, 0) is 61.4 Å². The summed E-state index contributed by atoms with van der Waals surface area (Å²) >= 11 is 0. The number of carbonyl (C=O) groups is 2. The summed E-state index contributed by atoms with van der Waals surface area (Å²) in [5, 5.41) is 11.2. The number of ketones is 1. The second kappa shape index (κ2) is 8.16. The molecule has 1 N–H and O–H groups in total. The third-order valence-electron chi connectivity index (χ3n) is 6.13. The Morgan fingerprint density at radius 3 is 2.06 bits per heavy atom. The molecular formula is C26H25NO6. The number of aromatic carboxylic acids is 1. The van der Waals surface area contributed by atoms with Crippen LogP contribution in [0, 0.1) is 13.8 Å². The summed E-state index contributed by atoms with van der Waals surface area (Å²) < 4.78 is 18.2. The van der Waals surface area contributed by atoms with Gasteiger partial charge in [-0.3, -0.25) is 4.79 Å². The van der Waals surface area contributed by atoms with Gasteiger partial charge in [-0.2, -0.15) is 0 Å². The number of benzene rings is 3. The van der Waals surface area contributed by atoms with Gasteiger partial charge in [-0.25, -0.2) is 4.79 Å². The lowest BCUT2D eigenvalue weighted by atomic mass is 9.92. The molecule has 1 heterocycles. The van der Waals surface area contributed by atoms with Gasteiger partial charge in [-0.1, -0.05) is 0 Å². The molecule has 7 nitrogen and oxygen atoms in total. The smallest absolute Gasteiger partial charge is 0.335 e.